The lowest BCUT2D eigenvalue weighted by Crippen LogP contribution is -2.60. The maximum absolute atomic E-state index is 13.5. The van der Waals surface area contributed by atoms with Crippen LogP contribution in [0.15, 0.2) is 99.8 Å². The lowest BCUT2D eigenvalue weighted by atomic mass is 10.0. The quantitative estimate of drug-likeness (QED) is 0.339. The minimum Gasteiger partial charge on any atom is -0.271 e. The maximum atomic E-state index is 13.5. The summed E-state index contributed by atoms with van der Waals surface area (Å²) in [5.41, 5.74) is 4.32. The fourth-order valence-corrected chi connectivity index (χ4v) is 7.19. The molecule has 0 saturated carbocycles. The van der Waals surface area contributed by atoms with E-state index in [9.17, 15) is 21.6 Å². The van der Waals surface area contributed by atoms with Gasteiger partial charge in [-0.2, -0.15) is 13.7 Å². The van der Waals surface area contributed by atoms with Gasteiger partial charge in [-0.05, 0) is 41.3 Å². The molecule has 0 aromatic heterocycles. The zero-order valence-electron chi connectivity index (χ0n) is 21.1. The van der Waals surface area contributed by atoms with Gasteiger partial charge in [0.2, 0.25) is 20.0 Å². The van der Waals surface area contributed by atoms with Crippen LogP contribution in [-0.4, -0.2) is 63.2 Å². The Balaban J connectivity index is 1.59. The molecule has 3 aromatic carbocycles. The Morgan fingerprint density at radius 3 is 1.95 bits per heavy atom. The number of hydrogen-bond donors (Lipinski definition) is 1. The van der Waals surface area contributed by atoms with E-state index < -0.39 is 32.0 Å². The van der Waals surface area contributed by atoms with Crippen LogP contribution in [0.25, 0.3) is 0 Å². The lowest BCUT2D eigenvalue weighted by molar-refractivity contribution is -0.125. The van der Waals surface area contributed by atoms with Crippen LogP contribution < -0.4 is 5.43 Å². The van der Waals surface area contributed by atoms with Crippen molar-refractivity contribution in [1.82, 2.24) is 14.0 Å². The summed E-state index contributed by atoms with van der Waals surface area (Å²) >= 11 is 0. The highest BCUT2D eigenvalue weighted by Crippen LogP contribution is 2.25. The number of hydrogen-bond acceptors (Lipinski definition) is 6. The van der Waals surface area contributed by atoms with Gasteiger partial charge in [-0.1, -0.05) is 74.5 Å². The van der Waals surface area contributed by atoms with Crippen LogP contribution >= 0.6 is 0 Å². The molecule has 0 aliphatic carbocycles. The van der Waals surface area contributed by atoms with Gasteiger partial charge >= 0.3 is 0 Å². The Morgan fingerprint density at radius 1 is 0.842 bits per heavy atom. The van der Waals surface area contributed by atoms with Crippen molar-refractivity contribution < 1.29 is 21.6 Å². The SMILES string of the molecule is CC(C)c1ccc(/C=N\NC(=O)[C@@H]2CN(S(=O)(=O)c3ccccc3)CCN2S(=O)(=O)c2ccccc2)cc1. The second kappa shape index (κ2) is 11.6. The van der Waals surface area contributed by atoms with Crippen molar-refractivity contribution in [3.8, 4) is 0 Å². The van der Waals surface area contributed by atoms with Crippen LogP contribution in [0.4, 0.5) is 0 Å². The molecule has 1 aliphatic rings. The molecule has 1 amide bonds. The van der Waals surface area contributed by atoms with Gasteiger partial charge < -0.3 is 0 Å². The van der Waals surface area contributed by atoms with Gasteiger partial charge in [0.1, 0.15) is 6.04 Å². The number of piperazine rings is 1. The number of amides is 1. The molecule has 1 heterocycles. The van der Waals surface area contributed by atoms with Crippen molar-refractivity contribution in [2.45, 2.75) is 35.6 Å². The average molecular weight is 555 g/mol. The number of nitrogens with one attached hydrogen (secondary N) is 1. The minimum absolute atomic E-state index is 0.0194. The van der Waals surface area contributed by atoms with E-state index in [0.717, 1.165) is 19.7 Å². The molecule has 1 fully saturated rings. The molecule has 4 rings (SSSR count). The summed E-state index contributed by atoms with van der Waals surface area (Å²) in [6.07, 6.45) is 1.46. The molecule has 1 N–H and O–H groups in total. The van der Waals surface area contributed by atoms with Gasteiger partial charge in [0.25, 0.3) is 5.91 Å². The highest BCUT2D eigenvalue weighted by atomic mass is 32.2. The lowest BCUT2D eigenvalue weighted by Gasteiger charge is -2.38. The molecule has 1 aliphatic heterocycles. The summed E-state index contributed by atoms with van der Waals surface area (Å²) in [5.74, 6) is -0.354. The van der Waals surface area contributed by atoms with Crippen molar-refractivity contribution in [3.63, 3.8) is 0 Å². The third-order valence-corrected chi connectivity index (χ3v) is 10.1. The van der Waals surface area contributed by atoms with E-state index in [1.165, 1.54) is 30.5 Å². The van der Waals surface area contributed by atoms with Gasteiger partial charge in [-0.15, -0.1) is 0 Å². The summed E-state index contributed by atoms with van der Waals surface area (Å²) in [6.45, 7) is 3.53. The van der Waals surface area contributed by atoms with Gasteiger partial charge in [0.05, 0.1) is 16.0 Å². The zero-order valence-corrected chi connectivity index (χ0v) is 22.8. The van der Waals surface area contributed by atoms with E-state index in [4.69, 9.17) is 0 Å². The topological polar surface area (TPSA) is 116 Å². The van der Waals surface area contributed by atoms with Crippen LogP contribution in [0, 0.1) is 0 Å². The van der Waals surface area contributed by atoms with E-state index in [2.05, 4.69) is 24.4 Å². The predicted octanol–water partition coefficient (Wildman–Crippen LogP) is 3.02. The first kappa shape index (κ1) is 27.6. The molecule has 0 spiro atoms. The summed E-state index contributed by atoms with van der Waals surface area (Å²) in [4.78, 5) is 13.4. The van der Waals surface area contributed by atoms with E-state index in [1.807, 2.05) is 24.3 Å². The van der Waals surface area contributed by atoms with Crippen LogP contribution in [0.2, 0.25) is 0 Å². The van der Waals surface area contributed by atoms with Gasteiger partial charge in [0, 0.05) is 19.6 Å². The molecule has 0 bridgehead atoms. The Kier molecular flexibility index (Phi) is 8.41. The molecule has 0 radical (unpaired) electrons. The number of rotatable bonds is 8. The van der Waals surface area contributed by atoms with Gasteiger partial charge in [-0.25, -0.2) is 22.3 Å². The van der Waals surface area contributed by atoms with Crippen molar-refractivity contribution in [1.29, 1.82) is 0 Å². The Morgan fingerprint density at radius 2 is 1.39 bits per heavy atom. The number of carbonyl (C=O) groups is 1. The van der Waals surface area contributed by atoms with Crippen molar-refractivity contribution in [2.75, 3.05) is 19.6 Å². The molecule has 3 aromatic rings. The number of sulfonamides is 2. The largest absolute Gasteiger partial charge is 0.271 e. The Hall–Kier alpha value is -3.38. The van der Waals surface area contributed by atoms with Crippen molar-refractivity contribution in [2.24, 2.45) is 5.10 Å². The molecule has 1 atom stereocenters. The van der Waals surface area contributed by atoms with Crippen LogP contribution in [0.3, 0.4) is 0 Å². The van der Waals surface area contributed by atoms with Crippen LogP contribution in [0.5, 0.6) is 0 Å². The molecule has 38 heavy (non-hydrogen) atoms. The highest BCUT2D eigenvalue weighted by molar-refractivity contribution is 7.89. The summed E-state index contributed by atoms with van der Waals surface area (Å²) in [5, 5.41) is 4.01. The zero-order chi connectivity index (χ0) is 27.3. The van der Waals surface area contributed by atoms with E-state index in [-0.39, 0.29) is 29.4 Å². The summed E-state index contributed by atoms with van der Waals surface area (Å²) in [6, 6.07) is 21.9. The smallest absolute Gasteiger partial charge is 0.259 e. The highest BCUT2D eigenvalue weighted by Gasteiger charge is 2.43. The van der Waals surface area contributed by atoms with E-state index in [0.29, 0.717) is 5.92 Å². The van der Waals surface area contributed by atoms with Gasteiger partial charge in [-0.3, -0.25) is 4.79 Å². The van der Waals surface area contributed by atoms with Crippen LogP contribution in [0.1, 0.15) is 30.9 Å². The Bertz CT molecular complexity index is 1490. The number of benzene rings is 3. The van der Waals surface area contributed by atoms with E-state index >= 15 is 0 Å². The molecule has 9 nitrogen and oxygen atoms in total. The van der Waals surface area contributed by atoms with Gasteiger partial charge in [0.15, 0.2) is 0 Å². The fourth-order valence-electron chi connectivity index (χ4n) is 4.14. The minimum atomic E-state index is -4.08. The third-order valence-electron chi connectivity index (χ3n) is 6.32. The molecule has 0 unspecified atom stereocenters. The first-order chi connectivity index (χ1) is 18.1. The normalized spacial score (nSPS) is 17.6. The molecule has 1 saturated heterocycles. The predicted molar refractivity (Wildman–Crippen MR) is 146 cm³/mol. The third kappa shape index (κ3) is 6.02. The first-order valence-corrected chi connectivity index (χ1v) is 15.0. The standard InChI is InChI=1S/C27H30N4O5S2/c1-21(2)23-15-13-22(14-16-23)19-28-29-27(32)26-20-30(37(33,34)24-9-5-3-6-10-24)17-18-31(26)38(35,36)25-11-7-4-8-12-25/h3-16,19,21,26H,17-18,20H2,1-2H3,(H,29,32)/b28-19-/t26-/m0/s1. The van der Waals surface area contributed by atoms with Crippen LogP contribution in [-0.2, 0) is 24.8 Å². The average Bonchev–Trinajstić information content (AvgIpc) is 2.94. The summed E-state index contributed by atoms with van der Waals surface area (Å²) in [7, 11) is -8.02. The number of hydrazone groups is 1. The first-order valence-electron chi connectivity index (χ1n) is 12.2. The maximum Gasteiger partial charge on any atom is 0.259 e. The Labute approximate surface area is 223 Å². The van der Waals surface area contributed by atoms with Crippen molar-refractivity contribution in [3.05, 3.63) is 96.1 Å². The fraction of sp³-hybridized carbons (Fsp3) is 0.259. The molecular formula is C27H30N4O5S2. The summed E-state index contributed by atoms with van der Waals surface area (Å²) < 4.78 is 55.6. The molecule has 11 heteroatoms. The number of nitrogens with zero attached hydrogens (tertiary/aromatic N) is 3. The van der Waals surface area contributed by atoms with Crippen molar-refractivity contribution >= 4 is 32.2 Å². The molecule has 200 valence electrons. The number of carbonyl (C=O) groups excluding carboxylic acids is 1. The van der Waals surface area contributed by atoms with E-state index in [1.54, 1.807) is 36.4 Å². The second-order valence-electron chi connectivity index (χ2n) is 9.18. The monoisotopic (exact) mass is 554 g/mol. The second-order valence-corrected chi connectivity index (χ2v) is 13.0. The molecular weight excluding hydrogens is 524 g/mol.